The number of hydrogen-bond donors (Lipinski definition) is 1. The van der Waals surface area contributed by atoms with Gasteiger partial charge in [-0.15, -0.1) is 0 Å². The van der Waals surface area contributed by atoms with Crippen molar-refractivity contribution in [3.63, 3.8) is 0 Å². The number of hydrogen-bond acceptors (Lipinski definition) is 3. The smallest absolute Gasteiger partial charge is 0.0849 e. The highest BCUT2D eigenvalue weighted by molar-refractivity contribution is 5.14. The molecule has 0 radical (unpaired) electrons. The fraction of sp³-hybridized carbons (Fsp3) is 0.750. The van der Waals surface area contributed by atoms with Crippen molar-refractivity contribution >= 4 is 0 Å². The zero-order valence-electron chi connectivity index (χ0n) is 10.2. The van der Waals surface area contributed by atoms with Crippen molar-refractivity contribution in [2.24, 2.45) is 7.05 Å². The molecular weight excluding hydrogens is 202 g/mol. The molecule has 0 amide bonds. The number of aliphatic hydroxyl groups is 1. The van der Waals surface area contributed by atoms with Crippen molar-refractivity contribution in [2.75, 3.05) is 13.1 Å². The summed E-state index contributed by atoms with van der Waals surface area (Å²) < 4.78 is 1.79. The lowest BCUT2D eigenvalue weighted by Gasteiger charge is -2.33. The van der Waals surface area contributed by atoms with E-state index in [2.05, 4.69) is 16.9 Å². The molecule has 1 aliphatic rings. The number of likely N-dealkylation sites (tertiary alicyclic amines) is 1. The molecule has 0 aromatic carbocycles. The fourth-order valence-electron chi connectivity index (χ4n) is 2.55. The van der Waals surface area contributed by atoms with Crippen molar-refractivity contribution in [2.45, 2.75) is 38.8 Å². The van der Waals surface area contributed by atoms with Gasteiger partial charge in [0.2, 0.25) is 0 Å². The van der Waals surface area contributed by atoms with Crippen LogP contribution in [0.1, 0.15) is 43.6 Å². The van der Waals surface area contributed by atoms with E-state index in [0.29, 0.717) is 6.04 Å². The van der Waals surface area contributed by atoms with Gasteiger partial charge >= 0.3 is 0 Å². The van der Waals surface area contributed by atoms with Crippen molar-refractivity contribution in [3.05, 3.63) is 17.5 Å². The van der Waals surface area contributed by atoms with Crippen LogP contribution < -0.4 is 0 Å². The van der Waals surface area contributed by atoms with Crippen LogP contribution in [0.3, 0.4) is 0 Å². The minimum Gasteiger partial charge on any atom is -0.390 e. The van der Waals surface area contributed by atoms with Gasteiger partial charge in [0, 0.05) is 7.05 Å². The lowest BCUT2D eigenvalue weighted by molar-refractivity contribution is 0.153. The molecule has 0 spiro atoms. The summed E-state index contributed by atoms with van der Waals surface area (Å²) in [5, 5.41) is 13.7. The average Bonchev–Trinajstić information content (AvgIpc) is 2.70. The minimum atomic E-state index is 0.0718. The van der Waals surface area contributed by atoms with Crippen molar-refractivity contribution < 1.29 is 5.11 Å². The van der Waals surface area contributed by atoms with Gasteiger partial charge in [-0.25, -0.2) is 0 Å². The van der Waals surface area contributed by atoms with E-state index in [1.807, 2.05) is 13.1 Å². The predicted molar refractivity (Wildman–Crippen MR) is 63.0 cm³/mol. The van der Waals surface area contributed by atoms with E-state index in [0.717, 1.165) is 17.9 Å². The summed E-state index contributed by atoms with van der Waals surface area (Å²) >= 11 is 0. The van der Waals surface area contributed by atoms with Crippen LogP contribution in [0.15, 0.2) is 6.07 Å². The summed E-state index contributed by atoms with van der Waals surface area (Å²) in [6.07, 6.45) is 3.77. The Balaban J connectivity index is 2.20. The van der Waals surface area contributed by atoms with Gasteiger partial charge in [-0.05, 0) is 32.0 Å². The monoisotopic (exact) mass is 223 g/mol. The van der Waals surface area contributed by atoms with Gasteiger partial charge < -0.3 is 5.11 Å². The highest BCUT2D eigenvalue weighted by atomic mass is 16.3. The molecular formula is C12H21N3O. The first kappa shape index (κ1) is 11.6. The normalized spacial score (nSPS) is 22.6. The largest absolute Gasteiger partial charge is 0.390 e. The van der Waals surface area contributed by atoms with Crippen LogP contribution in [0.4, 0.5) is 0 Å². The zero-order chi connectivity index (χ0) is 11.5. The number of piperidine rings is 1. The molecule has 90 valence electrons. The summed E-state index contributed by atoms with van der Waals surface area (Å²) in [7, 11) is 1.90. The Labute approximate surface area is 96.9 Å². The predicted octanol–water partition coefficient (Wildman–Crippen LogP) is 1.46. The standard InChI is InChI=1S/C12H21N3O/c1-3-15-7-5-4-6-12(15)11-8-10(9-16)14(2)13-11/h8,12,16H,3-7,9H2,1-2H3. The van der Waals surface area contributed by atoms with Crippen LogP contribution in [0.25, 0.3) is 0 Å². The third kappa shape index (κ3) is 2.13. The number of rotatable bonds is 3. The third-order valence-corrected chi connectivity index (χ3v) is 3.52. The highest BCUT2D eigenvalue weighted by Gasteiger charge is 2.25. The topological polar surface area (TPSA) is 41.3 Å². The van der Waals surface area contributed by atoms with Crippen LogP contribution in [-0.4, -0.2) is 32.9 Å². The number of nitrogens with zero attached hydrogens (tertiary/aromatic N) is 3. The SMILES string of the molecule is CCN1CCCCC1c1cc(CO)n(C)n1. The van der Waals surface area contributed by atoms with Crippen LogP contribution >= 0.6 is 0 Å². The van der Waals surface area contributed by atoms with E-state index < -0.39 is 0 Å². The fourth-order valence-corrected chi connectivity index (χ4v) is 2.55. The quantitative estimate of drug-likeness (QED) is 0.843. The first-order valence-corrected chi connectivity index (χ1v) is 6.14. The molecule has 1 atom stereocenters. The van der Waals surface area contributed by atoms with Gasteiger partial charge in [-0.2, -0.15) is 5.10 Å². The molecule has 0 saturated carbocycles. The number of aliphatic hydroxyl groups excluding tert-OH is 1. The zero-order valence-corrected chi connectivity index (χ0v) is 10.2. The molecule has 1 saturated heterocycles. The molecule has 4 nitrogen and oxygen atoms in total. The molecule has 0 bridgehead atoms. The van der Waals surface area contributed by atoms with Gasteiger partial charge in [-0.3, -0.25) is 9.58 Å². The molecule has 1 aromatic rings. The average molecular weight is 223 g/mol. The van der Waals surface area contributed by atoms with Gasteiger partial charge in [0.1, 0.15) is 0 Å². The molecule has 2 rings (SSSR count). The highest BCUT2D eigenvalue weighted by Crippen LogP contribution is 2.29. The minimum absolute atomic E-state index is 0.0718. The van der Waals surface area contributed by atoms with Crippen LogP contribution in [-0.2, 0) is 13.7 Å². The van der Waals surface area contributed by atoms with Crippen LogP contribution in [0, 0.1) is 0 Å². The first-order valence-electron chi connectivity index (χ1n) is 6.14. The molecule has 1 fully saturated rings. The van der Waals surface area contributed by atoms with Crippen LogP contribution in [0.2, 0.25) is 0 Å². The molecule has 2 heterocycles. The molecule has 1 unspecified atom stereocenters. The number of aryl methyl sites for hydroxylation is 1. The third-order valence-electron chi connectivity index (χ3n) is 3.52. The summed E-state index contributed by atoms with van der Waals surface area (Å²) in [5.41, 5.74) is 2.02. The van der Waals surface area contributed by atoms with E-state index in [1.165, 1.54) is 25.8 Å². The molecule has 1 aliphatic heterocycles. The lowest BCUT2D eigenvalue weighted by atomic mass is 9.99. The molecule has 1 aromatic heterocycles. The molecule has 1 N–H and O–H groups in total. The second-order valence-electron chi connectivity index (χ2n) is 4.48. The first-order chi connectivity index (χ1) is 7.76. The van der Waals surface area contributed by atoms with Crippen LogP contribution in [0.5, 0.6) is 0 Å². The molecule has 16 heavy (non-hydrogen) atoms. The van der Waals surface area contributed by atoms with E-state index in [9.17, 15) is 5.11 Å². The van der Waals surface area contributed by atoms with E-state index in [4.69, 9.17) is 0 Å². The Morgan fingerprint density at radius 2 is 2.31 bits per heavy atom. The van der Waals surface area contributed by atoms with Gasteiger partial charge in [0.25, 0.3) is 0 Å². The Morgan fingerprint density at radius 1 is 1.50 bits per heavy atom. The molecule has 4 heteroatoms. The van der Waals surface area contributed by atoms with Crippen molar-refractivity contribution in [3.8, 4) is 0 Å². The van der Waals surface area contributed by atoms with E-state index >= 15 is 0 Å². The van der Waals surface area contributed by atoms with Gasteiger partial charge in [0.05, 0.1) is 24.0 Å². The van der Waals surface area contributed by atoms with E-state index in [1.54, 1.807) is 4.68 Å². The van der Waals surface area contributed by atoms with E-state index in [-0.39, 0.29) is 6.61 Å². The van der Waals surface area contributed by atoms with Gasteiger partial charge in [0.15, 0.2) is 0 Å². The molecule has 0 aliphatic carbocycles. The summed E-state index contributed by atoms with van der Waals surface area (Å²) in [4.78, 5) is 2.48. The van der Waals surface area contributed by atoms with Gasteiger partial charge in [-0.1, -0.05) is 13.3 Å². The maximum Gasteiger partial charge on any atom is 0.0849 e. The summed E-state index contributed by atoms with van der Waals surface area (Å²) in [6, 6.07) is 2.49. The summed E-state index contributed by atoms with van der Waals surface area (Å²) in [5.74, 6) is 0. The maximum atomic E-state index is 9.18. The Bertz CT molecular complexity index is 348. The Hall–Kier alpha value is -0.870. The van der Waals surface area contributed by atoms with Crippen molar-refractivity contribution in [1.29, 1.82) is 0 Å². The second kappa shape index (κ2) is 4.97. The van der Waals surface area contributed by atoms with Crippen molar-refractivity contribution in [1.82, 2.24) is 14.7 Å². The summed E-state index contributed by atoms with van der Waals surface area (Å²) in [6.45, 7) is 4.53. The maximum absolute atomic E-state index is 9.18. The Morgan fingerprint density at radius 3 is 2.94 bits per heavy atom. The number of aromatic nitrogens is 2. The Kier molecular flexibility index (Phi) is 3.61. The second-order valence-corrected chi connectivity index (χ2v) is 4.48. The lowest BCUT2D eigenvalue weighted by Crippen LogP contribution is -2.33.